The average Bonchev–Trinajstić information content (AvgIpc) is 2.70. The van der Waals surface area contributed by atoms with Crippen LogP contribution in [0, 0.1) is 5.92 Å². The van der Waals surface area contributed by atoms with E-state index in [1.165, 1.54) is 24.1 Å². The first-order valence-corrected chi connectivity index (χ1v) is 6.87. The highest BCUT2D eigenvalue weighted by atomic mass is 32.1. The molecule has 2 unspecified atom stereocenters. The maximum atomic E-state index is 10.7. The molecule has 2 heteroatoms. The first kappa shape index (κ1) is 11.2. The Balaban J connectivity index is 2.09. The van der Waals surface area contributed by atoms with Gasteiger partial charge < -0.3 is 5.11 Å². The average molecular weight is 224 g/mol. The predicted molar refractivity (Wildman–Crippen MR) is 65.2 cm³/mol. The summed E-state index contributed by atoms with van der Waals surface area (Å²) in [5.74, 6) is 0.508. The highest BCUT2D eigenvalue weighted by molar-refractivity contribution is 7.09. The molecule has 1 aromatic rings. The summed E-state index contributed by atoms with van der Waals surface area (Å²) in [6.07, 6.45) is 6.66. The van der Waals surface area contributed by atoms with Crippen LogP contribution in [0.2, 0.25) is 0 Å². The van der Waals surface area contributed by atoms with Crippen LogP contribution >= 0.6 is 11.3 Å². The van der Waals surface area contributed by atoms with E-state index in [1.54, 1.807) is 11.3 Å². The third-order valence-corrected chi connectivity index (χ3v) is 4.60. The molecular weight excluding hydrogens is 204 g/mol. The molecule has 0 spiro atoms. The monoisotopic (exact) mass is 224 g/mol. The molecule has 0 aliphatic heterocycles. The van der Waals surface area contributed by atoms with Gasteiger partial charge in [0, 0.05) is 11.3 Å². The Kier molecular flexibility index (Phi) is 3.47. The minimum atomic E-state index is -0.419. The highest BCUT2D eigenvalue weighted by Crippen LogP contribution is 2.38. The number of thiophene rings is 1. The molecule has 0 aromatic carbocycles. The molecule has 84 valence electrons. The molecule has 1 aliphatic rings. The van der Waals surface area contributed by atoms with Crippen LogP contribution in [0.5, 0.6) is 0 Å². The quantitative estimate of drug-likeness (QED) is 0.831. The molecule has 1 aliphatic carbocycles. The predicted octanol–water partition coefficient (Wildman–Crippen LogP) is 3.62. The Labute approximate surface area is 96.1 Å². The van der Waals surface area contributed by atoms with Crippen molar-refractivity contribution in [2.75, 3.05) is 0 Å². The van der Waals surface area contributed by atoms with Crippen LogP contribution in [0.4, 0.5) is 0 Å². The minimum Gasteiger partial charge on any atom is -0.389 e. The SMILES string of the molecule is CCC1CCCCC1(O)Cc1cccs1. The molecule has 0 bridgehead atoms. The molecule has 1 heterocycles. The molecule has 15 heavy (non-hydrogen) atoms. The Morgan fingerprint density at radius 2 is 2.40 bits per heavy atom. The molecule has 2 rings (SSSR count). The van der Waals surface area contributed by atoms with Gasteiger partial charge in [0.05, 0.1) is 5.60 Å². The summed E-state index contributed by atoms with van der Waals surface area (Å²) in [5, 5.41) is 12.8. The lowest BCUT2D eigenvalue weighted by Crippen LogP contribution is -2.42. The van der Waals surface area contributed by atoms with E-state index < -0.39 is 5.60 Å². The highest BCUT2D eigenvalue weighted by Gasteiger charge is 2.37. The molecule has 1 saturated carbocycles. The fraction of sp³-hybridized carbons (Fsp3) is 0.692. The lowest BCUT2D eigenvalue weighted by atomic mass is 9.72. The lowest BCUT2D eigenvalue weighted by molar-refractivity contribution is -0.0485. The van der Waals surface area contributed by atoms with Gasteiger partial charge in [-0.3, -0.25) is 0 Å². The van der Waals surface area contributed by atoms with Crippen LogP contribution in [0.1, 0.15) is 43.9 Å². The second kappa shape index (κ2) is 4.67. The number of hydrogen-bond acceptors (Lipinski definition) is 2. The van der Waals surface area contributed by atoms with E-state index in [4.69, 9.17) is 0 Å². The number of aliphatic hydroxyl groups is 1. The molecule has 0 radical (unpaired) electrons. The van der Waals surface area contributed by atoms with Crippen molar-refractivity contribution in [1.29, 1.82) is 0 Å². The van der Waals surface area contributed by atoms with Crippen molar-refractivity contribution >= 4 is 11.3 Å². The molecule has 2 atom stereocenters. The van der Waals surface area contributed by atoms with Crippen molar-refractivity contribution < 1.29 is 5.11 Å². The van der Waals surface area contributed by atoms with Crippen LogP contribution in [0.25, 0.3) is 0 Å². The van der Waals surface area contributed by atoms with Gasteiger partial charge in [-0.25, -0.2) is 0 Å². The van der Waals surface area contributed by atoms with Crippen molar-refractivity contribution in [2.45, 2.75) is 51.0 Å². The Hall–Kier alpha value is -0.340. The van der Waals surface area contributed by atoms with Crippen molar-refractivity contribution in [1.82, 2.24) is 0 Å². The van der Waals surface area contributed by atoms with Gasteiger partial charge >= 0.3 is 0 Å². The van der Waals surface area contributed by atoms with Gasteiger partial charge in [-0.05, 0) is 30.2 Å². The summed E-state index contributed by atoms with van der Waals surface area (Å²) in [6, 6.07) is 4.22. The molecule has 1 N–H and O–H groups in total. The zero-order chi connectivity index (χ0) is 10.7. The summed E-state index contributed by atoms with van der Waals surface area (Å²) in [4.78, 5) is 1.33. The Bertz CT molecular complexity index is 293. The summed E-state index contributed by atoms with van der Waals surface area (Å²) in [6.45, 7) is 2.20. The van der Waals surface area contributed by atoms with E-state index in [0.29, 0.717) is 5.92 Å². The van der Waals surface area contributed by atoms with Gasteiger partial charge in [0.25, 0.3) is 0 Å². The van der Waals surface area contributed by atoms with Gasteiger partial charge in [-0.1, -0.05) is 32.3 Å². The van der Waals surface area contributed by atoms with Gasteiger partial charge in [0.2, 0.25) is 0 Å². The Morgan fingerprint density at radius 1 is 1.53 bits per heavy atom. The van der Waals surface area contributed by atoms with E-state index in [-0.39, 0.29) is 0 Å². The lowest BCUT2D eigenvalue weighted by Gasteiger charge is -2.39. The topological polar surface area (TPSA) is 20.2 Å². The third-order valence-electron chi connectivity index (χ3n) is 3.73. The van der Waals surface area contributed by atoms with E-state index in [2.05, 4.69) is 24.4 Å². The number of hydrogen-bond donors (Lipinski definition) is 1. The molecule has 1 fully saturated rings. The molecule has 0 saturated heterocycles. The first-order valence-electron chi connectivity index (χ1n) is 5.99. The van der Waals surface area contributed by atoms with E-state index in [1.807, 2.05) is 0 Å². The second-order valence-corrected chi connectivity index (χ2v) is 5.74. The first-order chi connectivity index (χ1) is 7.24. The molecule has 0 amide bonds. The van der Waals surface area contributed by atoms with E-state index >= 15 is 0 Å². The zero-order valence-corrected chi connectivity index (χ0v) is 10.2. The molecule has 1 nitrogen and oxygen atoms in total. The largest absolute Gasteiger partial charge is 0.389 e. The van der Waals surface area contributed by atoms with Crippen LogP contribution in [-0.2, 0) is 6.42 Å². The van der Waals surface area contributed by atoms with Crippen molar-refractivity contribution in [3.63, 3.8) is 0 Å². The zero-order valence-electron chi connectivity index (χ0n) is 9.41. The maximum absolute atomic E-state index is 10.7. The maximum Gasteiger partial charge on any atom is 0.0723 e. The van der Waals surface area contributed by atoms with E-state index in [0.717, 1.165) is 19.3 Å². The Morgan fingerprint density at radius 3 is 3.07 bits per heavy atom. The molecule has 1 aromatic heterocycles. The second-order valence-electron chi connectivity index (χ2n) is 4.71. The fourth-order valence-corrected chi connectivity index (χ4v) is 3.65. The van der Waals surface area contributed by atoms with Crippen LogP contribution in [0.15, 0.2) is 17.5 Å². The van der Waals surface area contributed by atoms with Crippen molar-refractivity contribution in [3.05, 3.63) is 22.4 Å². The summed E-state index contributed by atoms with van der Waals surface area (Å²) >= 11 is 1.77. The van der Waals surface area contributed by atoms with Gasteiger partial charge in [-0.15, -0.1) is 11.3 Å². The van der Waals surface area contributed by atoms with Gasteiger partial charge in [0.15, 0.2) is 0 Å². The fourth-order valence-electron chi connectivity index (χ4n) is 2.83. The summed E-state index contributed by atoms with van der Waals surface area (Å²) < 4.78 is 0. The van der Waals surface area contributed by atoms with Crippen molar-refractivity contribution in [2.24, 2.45) is 5.92 Å². The standard InChI is InChI=1S/C13H20OS/c1-2-11-6-3-4-8-13(11,14)10-12-7-5-9-15-12/h5,7,9,11,14H,2-4,6,8,10H2,1H3. The normalized spacial score (nSPS) is 31.7. The smallest absolute Gasteiger partial charge is 0.0723 e. The van der Waals surface area contributed by atoms with Crippen LogP contribution < -0.4 is 0 Å². The summed E-state index contributed by atoms with van der Waals surface area (Å²) in [7, 11) is 0. The van der Waals surface area contributed by atoms with Crippen LogP contribution in [0.3, 0.4) is 0 Å². The number of rotatable bonds is 3. The minimum absolute atomic E-state index is 0.419. The van der Waals surface area contributed by atoms with Crippen molar-refractivity contribution in [3.8, 4) is 0 Å². The summed E-state index contributed by atoms with van der Waals surface area (Å²) in [5.41, 5.74) is -0.419. The van der Waals surface area contributed by atoms with Gasteiger partial charge in [-0.2, -0.15) is 0 Å². The van der Waals surface area contributed by atoms with Gasteiger partial charge in [0.1, 0.15) is 0 Å². The molecular formula is C13H20OS. The van der Waals surface area contributed by atoms with E-state index in [9.17, 15) is 5.11 Å². The third kappa shape index (κ3) is 2.43. The van der Waals surface area contributed by atoms with Crippen LogP contribution in [-0.4, -0.2) is 10.7 Å².